The largest absolute Gasteiger partial charge is 0.486 e. The van der Waals surface area contributed by atoms with Crippen LogP contribution in [-0.4, -0.2) is 11.5 Å². The zero-order chi connectivity index (χ0) is 14.5. The van der Waals surface area contributed by atoms with E-state index >= 15 is 0 Å². The second kappa shape index (κ2) is 6.90. The van der Waals surface area contributed by atoms with Gasteiger partial charge in [-0.1, -0.05) is 11.6 Å². The van der Waals surface area contributed by atoms with Crippen LogP contribution in [0.3, 0.4) is 0 Å². The normalized spacial score (nSPS) is 10.4. The molecule has 0 saturated heterocycles. The number of anilines is 1. The third kappa shape index (κ3) is 3.84. The van der Waals surface area contributed by atoms with Gasteiger partial charge in [0.05, 0.1) is 15.2 Å². The Morgan fingerprint density at radius 1 is 1.40 bits per heavy atom. The predicted molar refractivity (Wildman–Crippen MR) is 81.8 cm³/mol. The number of rotatable bonds is 5. The molecular weight excluding hydrogens is 347 g/mol. The summed E-state index contributed by atoms with van der Waals surface area (Å²) in [5.74, 6) is -0.123. The van der Waals surface area contributed by atoms with E-state index in [2.05, 4.69) is 26.2 Å². The quantitative estimate of drug-likeness (QED) is 0.789. The molecule has 0 fully saturated rings. The first kappa shape index (κ1) is 15.1. The lowest BCUT2D eigenvalue weighted by Gasteiger charge is -2.10. The number of aromatic nitrogens is 1. The lowest BCUT2D eigenvalue weighted by molar-refractivity contribution is 0.298. The second-order valence-corrected chi connectivity index (χ2v) is 5.31. The summed E-state index contributed by atoms with van der Waals surface area (Å²) in [6.45, 7) is 3.10. The molecule has 0 amide bonds. The number of nitrogens with zero attached hydrogens (tertiary/aromatic N) is 1. The van der Waals surface area contributed by atoms with Gasteiger partial charge in [-0.2, -0.15) is 0 Å². The van der Waals surface area contributed by atoms with Gasteiger partial charge in [-0.25, -0.2) is 4.39 Å². The lowest BCUT2D eigenvalue weighted by Crippen LogP contribution is -2.02. The van der Waals surface area contributed by atoms with Crippen LogP contribution in [-0.2, 0) is 6.61 Å². The minimum atomic E-state index is -0.515. The summed E-state index contributed by atoms with van der Waals surface area (Å²) in [6.07, 6.45) is 1.70. The lowest BCUT2D eigenvalue weighted by atomic mass is 10.3. The number of hydrogen-bond acceptors (Lipinski definition) is 3. The maximum atomic E-state index is 13.4. The molecule has 0 unspecified atom stereocenters. The van der Waals surface area contributed by atoms with E-state index in [4.69, 9.17) is 16.3 Å². The highest BCUT2D eigenvalue weighted by atomic mass is 79.9. The Balaban J connectivity index is 2.08. The standard InChI is InChI=1S/C14H13BrClFN2O/c1-2-18-9-3-4-19-10(5-9)8-20-14-7-13(17)12(16)6-11(14)15/h3-7H,2,8H2,1H3,(H,18,19). The van der Waals surface area contributed by atoms with Gasteiger partial charge >= 0.3 is 0 Å². The van der Waals surface area contributed by atoms with Gasteiger partial charge in [-0.3, -0.25) is 4.98 Å². The van der Waals surface area contributed by atoms with Crippen molar-refractivity contribution in [1.82, 2.24) is 4.98 Å². The maximum Gasteiger partial charge on any atom is 0.145 e. The van der Waals surface area contributed by atoms with Gasteiger partial charge in [0.15, 0.2) is 0 Å². The third-order valence-electron chi connectivity index (χ3n) is 2.55. The van der Waals surface area contributed by atoms with Crippen molar-refractivity contribution < 1.29 is 9.13 Å². The van der Waals surface area contributed by atoms with E-state index in [-0.39, 0.29) is 11.6 Å². The Morgan fingerprint density at radius 2 is 2.20 bits per heavy atom. The summed E-state index contributed by atoms with van der Waals surface area (Å²) in [5, 5.41) is 3.24. The van der Waals surface area contributed by atoms with Crippen LogP contribution in [0.15, 0.2) is 34.9 Å². The third-order valence-corrected chi connectivity index (χ3v) is 3.46. The fourth-order valence-electron chi connectivity index (χ4n) is 1.64. The van der Waals surface area contributed by atoms with Crippen LogP contribution in [0.1, 0.15) is 12.6 Å². The Bertz CT molecular complexity index is 610. The van der Waals surface area contributed by atoms with Crippen molar-refractivity contribution in [3.05, 3.63) is 51.5 Å². The molecule has 1 N–H and O–H groups in total. The molecule has 2 aromatic rings. The van der Waals surface area contributed by atoms with E-state index in [1.54, 1.807) is 6.20 Å². The number of nitrogens with one attached hydrogen (secondary N) is 1. The SMILES string of the molecule is CCNc1ccnc(COc2cc(F)c(Cl)cc2Br)c1. The van der Waals surface area contributed by atoms with Crippen LogP contribution < -0.4 is 10.1 Å². The molecule has 0 atom stereocenters. The van der Waals surface area contributed by atoms with Crippen molar-refractivity contribution in [3.63, 3.8) is 0 Å². The van der Waals surface area contributed by atoms with Gasteiger partial charge in [0.2, 0.25) is 0 Å². The first-order valence-corrected chi connectivity index (χ1v) is 7.23. The molecule has 0 aliphatic carbocycles. The van der Waals surface area contributed by atoms with E-state index in [0.29, 0.717) is 10.2 Å². The summed E-state index contributed by atoms with van der Waals surface area (Å²) >= 11 is 8.96. The summed E-state index contributed by atoms with van der Waals surface area (Å²) in [4.78, 5) is 4.21. The summed E-state index contributed by atoms with van der Waals surface area (Å²) in [6, 6.07) is 6.49. The van der Waals surface area contributed by atoms with Crippen molar-refractivity contribution in [3.8, 4) is 5.75 Å². The topological polar surface area (TPSA) is 34.2 Å². The van der Waals surface area contributed by atoms with Crippen LogP contribution in [0.5, 0.6) is 5.75 Å². The molecule has 0 aliphatic heterocycles. The first-order chi connectivity index (χ1) is 9.60. The average Bonchev–Trinajstić information content (AvgIpc) is 2.42. The summed E-state index contributed by atoms with van der Waals surface area (Å²) < 4.78 is 19.6. The Morgan fingerprint density at radius 3 is 2.95 bits per heavy atom. The van der Waals surface area contributed by atoms with E-state index in [1.807, 2.05) is 19.1 Å². The highest BCUT2D eigenvalue weighted by Gasteiger charge is 2.08. The van der Waals surface area contributed by atoms with Gasteiger partial charge < -0.3 is 10.1 Å². The molecule has 2 rings (SSSR count). The molecule has 106 valence electrons. The highest BCUT2D eigenvalue weighted by molar-refractivity contribution is 9.10. The fourth-order valence-corrected chi connectivity index (χ4v) is 2.39. The van der Waals surface area contributed by atoms with Crippen molar-refractivity contribution in [1.29, 1.82) is 0 Å². The predicted octanol–water partition coefficient (Wildman–Crippen LogP) is 4.65. The van der Waals surface area contributed by atoms with E-state index in [0.717, 1.165) is 17.9 Å². The van der Waals surface area contributed by atoms with Crippen LogP contribution in [0.25, 0.3) is 0 Å². The van der Waals surface area contributed by atoms with Gasteiger partial charge in [-0.15, -0.1) is 0 Å². The molecule has 0 radical (unpaired) electrons. The maximum absolute atomic E-state index is 13.4. The van der Waals surface area contributed by atoms with Crippen molar-refractivity contribution >= 4 is 33.2 Å². The van der Waals surface area contributed by atoms with Crippen LogP contribution >= 0.6 is 27.5 Å². The molecule has 1 aromatic heterocycles. The molecule has 0 bridgehead atoms. The number of hydrogen-bond donors (Lipinski definition) is 1. The minimum Gasteiger partial charge on any atom is -0.486 e. The van der Waals surface area contributed by atoms with Gasteiger partial charge in [0.25, 0.3) is 0 Å². The first-order valence-electron chi connectivity index (χ1n) is 6.06. The zero-order valence-corrected chi connectivity index (χ0v) is 13.1. The highest BCUT2D eigenvalue weighted by Crippen LogP contribution is 2.31. The molecule has 0 saturated carbocycles. The average molecular weight is 360 g/mol. The van der Waals surface area contributed by atoms with E-state index < -0.39 is 5.82 Å². The van der Waals surface area contributed by atoms with Crippen molar-refractivity contribution in [2.75, 3.05) is 11.9 Å². The fraction of sp³-hybridized carbons (Fsp3) is 0.214. The van der Waals surface area contributed by atoms with E-state index in [9.17, 15) is 4.39 Å². The molecule has 20 heavy (non-hydrogen) atoms. The Labute approximate surface area is 130 Å². The molecular formula is C14H13BrClFN2O. The van der Waals surface area contributed by atoms with Gasteiger partial charge in [-0.05, 0) is 41.1 Å². The molecule has 6 heteroatoms. The summed E-state index contributed by atoms with van der Waals surface area (Å²) in [7, 11) is 0. The number of ether oxygens (including phenoxy) is 1. The van der Waals surface area contributed by atoms with E-state index in [1.165, 1.54) is 12.1 Å². The summed E-state index contributed by atoms with van der Waals surface area (Å²) in [5.41, 5.74) is 1.73. The number of benzene rings is 1. The minimum absolute atomic E-state index is 0.0523. The second-order valence-electron chi connectivity index (χ2n) is 4.05. The van der Waals surface area contributed by atoms with Crippen LogP contribution in [0, 0.1) is 5.82 Å². The Hall–Kier alpha value is -1.33. The van der Waals surface area contributed by atoms with Crippen molar-refractivity contribution in [2.45, 2.75) is 13.5 Å². The van der Waals surface area contributed by atoms with Gasteiger partial charge in [0.1, 0.15) is 18.2 Å². The molecule has 0 spiro atoms. The van der Waals surface area contributed by atoms with Crippen molar-refractivity contribution in [2.24, 2.45) is 0 Å². The monoisotopic (exact) mass is 358 g/mol. The van der Waals surface area contributed by atoms with Gasteiger partial charge in [0, 0.05) is 24.5 Å². The molecule has 3 nitrogen and oxygen atoms in total. The van der Waals surface area contributed by atoms with Crippen LogP contribution in [0.2, 0.25) is 5.02 Å². The Kier molecular flexibility index (Phi) is 5.20. The number of pyridine rings is 1. The number of halogens is 3. The van der Waals surface area contributed by atoms with Crippen LogP contribution in [0.4, 0.5) is 10.1 Å². The smallest absolute Gasteiger partial charge is 0.145 e. The molecule has 1 heterocycles. The molecule has 0 aliphatic rings. The zero-order valence-electron chi connectivity index (χ0n) is 10.8. The molecule has 1 aromatic carbocycles.